The number of thiophene rings is 1. The first-order chi connectivity index (χ1) is 8.18. The monoisotopic (exact) mass is 253 g/mol. The van der Waals surface area contributed by atoms with Gasteiger partial charge in [0.05, 0.1) is 5.56 Å². The van der Waals surface area contributed by atoms with E-state index in [4.69, 9.17) is 0 Å². The Bertz CT molecular complexity index is 424. The third-order valence-corrected chi connectivity index (χ3v) is 3.42. The van der Waals surface area contributed by atoms with E-state index in [9.17, 15) is 9.59 Å². The van der Waals surface area contributed by atoms with Gasteiger partial charge in [0, 0.05) is 33.1 Å². The molecule has 2 N–H and O–H groups in total. The van der Waals surface area contributed by atoms with E-state index in [0.29, 0.717) is 23.7 Å². The lowest BCUT2D eigenvalue weighted by Crippen LogP contribution is -2.46. The maximum Gasteiger partial charge on any atom is 0.256 e. The lowest BCUT2D eigenvalue weighted by atomic mass is 10.2. The molecule has 5 nitrogen and oxygen atoms in total. The highest BCUT2D eigenvalue weighted by Gasteiger charge is 2.21. The summed E-state index contributed by atoms with van der Waals surface area (Å²) in [6.45, 7) is 4.53. The van der Waals surface area contributed by atoms with Crippen LogP contribution in [0.2, 0.25) is 0 Å². The summed E-state index contributed by atoms with van der Waals surface area (Å²) in [5.74, 6) is -0.154. The van der Waals surface area contributed by atoms with Crippen molar-refractivity contribution in [2.24, 2.45) is 0 Å². The van der Waals surface area contributed by atoms with Gasteiger partial charge in [0.1, 0.15) is 5.00 Å². The van der Waals surface area contributed by atoms with E-state index < -0.39 is 0 Å². The molecule has 1 aromatic rings. The van der Waals surface area contributed by atoms with Crippen molar-refractivity contribution in [3.63, 3.8) is 0 Å². The van der Waals surface area contributed by atoms with E-state index in [0.717, 1.165) is 13.1 Å². The maximum atomic E-state index is 12.2. The van der Waals surface area contributed by atoms with E-state index >= 15 is 0 Å². The average Bonchev–Trinajstić information content (AvgIpc) is 2.76. The number of rotatable bonds is 2. The van der Waals surface area contributed by atoms with Gasteiger partial charge >= 0.3 is 0 Å². The summed E-state index contributed by atoms with van der Waals surface area (Å²) in [5, 5.41) is 8.35. The highest BCUT2D eigenvalue weighted by molar-refractivity contribution is 7.14. The van der Waals surface area contributed by atoms with Crippen LogP contribution in [0.15, 0.2) is 11.4 Å². The Morgan fingerprint density at radius 2 is 2.12 bits per heavy atom. The summed E-state index contributed by atoms with van der Waals surface area (Å²) in [4.78, 5) is 25.0. The van der Waals surface area contributed by atoms with Crippen LogP contribution in [0.4, 0.5) is 5.00 Å². The molecule has 0 spiro atoms. The molecular weight excluding hydrogens is 238 g/mol. The van der Waals surface area contributed by atoms with Crippen LogP contribution in [0, 0.1) is 0 Å². The van der Waals surface area contributed by atoms with Gasteiger partial charge in [-0.1, -0.05) is 0 Å². The van der Waals surface area contributed by atoms with Gasteiger partial charge in [-0.05, 0) is 11.4 Å². The SMILES string of the molecule is CC(=O)Nc1sccc1C(=O)N1CCNCC1. The molecule has 1 aliphatic heterocycles. The largest absolute Gasteiger partial charge is 0.336 e. The second-order valence-corrected chi connectivity index (χ2v) is 4.80. The molecule has 0 bridgehead atoms. The number of hydrogen-bond donors (Lipinski definition) is 2. The fraction of sp³-hybridized carbons (Fsp3) is 0.455. The van der Waals surface area contributed by atoms with Crippen LogP contribution in [-0.2, 0) is 4.79 Å². The van der Waals surface area contributed by atoms with Crippen LogP contribution in [0.3, 0.4) is 0 Å². The summed E-state index contributed by atoms with van der Waals surface area (Å²) in [7, 11) is 0. The second-order valence-electron chi connectivity index (χ2n) is 3.89. The van der Waals surface area contributed by atoms with Crippen LogP contribution < -0.4 is 10.6 Å². The zero-order valence-corrected chi connectivity index (χ0v) is 10.5. The standard InChI is InChI=1S/C11H15N3O2S/c1-8(15)13-10-9(2-7-17-10)11(16)14-5-3-12-4-6-14/h2,7,12H,3-6H2,1H3,(H,13,15). The quantitative estimate of drug-likeness (QED) is 0.817. The van der Waals surface area contributed by atoms with Gasteiger partial charge in [0.2, 0.25) is 5.91 Å². The Balaban J connectivity index is 2.12. The molecule has 17 heavy (non-hydrogen) atoms. The van der Waals surface area contributed by atoms with E-state index in [1.165, 1.54) is 18.3 Å². The highest BCUT2D eigenvalue weighted by atomic mass is 32.1. The average molecular weight is 253 g/mol. The molecule has 0 aromatic carbocycles. The molecule has 1 fully saturated rings. The summed E-state index contributed by atoms with van der Waals surface area (Å²) in [5.41, 5.74) is 0.590. The Kier molecular flexibility index (Phi) is 3.75. The summed E-state index contributed by atoms with van der Waals surface area (Å²) in [6.07, 6.45) is 0. The van der Waals surface area contributed by atoms with Crippen LogP contribution in [0.5, 0.6) is 0 Å². The predicted octanol–water partition coefficient (Wildman–Crippen LogP) is 0.752. The first kappa shape index (κ1) is 12.1. The van der Waals surface area contributed by atoms with Crippen molar-refractivity contribution >= 4 is 28.2 Å². The fourth-order valence-electron chi connectivity index (χ4n) is 1.77. The van der Waals surface area contributed by atoms with Gasteiger partial charge in [-0.25, -0.2) is 0 Å². The highest BCUT2D eigenvalue weighted by Crippen LogP contribution is 2.24. The van der Waals surface area contributed by atoms with Crippen LogP contribution >= 0.6 is 11.3 Å². The maximum absolute atomic E-state index is 12.2. The van der Waals surface area contributed by atoms with Crippen molar-refractivity contribution in [2.75, 3.05) is 31.5 Å². The minimum Gasteiger partial charge on any atom is -0.336 e. The molecule has 0 atom stereocenters. The van der Waals surface area contributed by atoms with Crippen molar-refractivity contribution in [1.29, 1.82) is 0 Å². The normalized spacial score (nSPS) is 15.7. The van der Waals surface area contributed by atoms with E-state index in [2.05, 4.69) is 10.6 Å². The molecule has 1 aliphatic rings. The number of carbonyl (C=O) groups excluding carboxylic acids is 2. The Morgan fingerprint density at radius 3 is 2.76 bits per heavy atom. The minimum absolute atomic E-state index is 0.00324. The fourth-order valence-corrected chi connectivity index (χ4v) is 2.60. The first-order valence-corrected chi connectivity index (χ1v) is 6.41. The summed E-state index contributed by atoms with van der Waals surface area (Å²) in [6, 6.07) is 1.76. The summed E-state index contributed by atoms with van der Waals surface area (Å²) >= 11 is 1.38. The number of nitrogens with one attached hydrogen (secondary N) is 2. The number of nitrogens with zero attached hydrogens (tertiary/aromatic N) is 1. The predicted molar refractivity (Wildman–Crippen MR) is 67.4 cm³/mol. The lowest BCUT2D eigenvalue weighted by Gasteiger charge is -2.27. The molecule has 0 radical (unpaired) electrons. The molecule has 2 heterocycles. The molecule has 6 heteroatoms. The van der Waals surface area contributed by atoms with Gasteiger partial charge in [-0.2, -0.15) is 0 Å². The molecular formula is C11H15N3O2S. The smallest absolute Gasteiger partial charge is 0.256 e. The van der Waals surface area contributed by atoms with Gasteiger partial charge < -0.3 is 15.5 Å². The third-order valence-electron chi connectivity index (χ3n) is 2.59. The third kappa shape index (κ3) is 2.83. The lowest BCUT2D eigenvalue weighted by molar-refractivity contribution is -0.114. The molecule has 92 valence electrons. The van der Waals surface area contributed by atoms with Crippen molar-refractivity contribution < 1.29 is 9.59 Å². The summed E-state index contributed by atoms with van der Waals surface area (Å²) < 4.78 is 0. The van der Waals surface area contributed by atoms with Crippen LogP contribution in [-0.4, -0.2) is 42.9 Å². The van der Waals surface area contributed by atoms with Crippen molar-refractivity contribution in [1.82, 2.24) is 10.2 Å². The molecule has 2 amide bonds. The molecule has 0 saturated carbocycles. The zero-order valence-electron chi connectivity index (χ0n) is 9.66. The number of anilines is 1. The Hall–Kier alpha value is -1.40. The van der Waals surface area contributed by atoms with Gasteiger partial charge in [0.25, 0.3) is 5.91 Å². The van der Waals surface area contributed by atoms with Crippen molar-refractivity contribution in [3.05, 3.63) is 17.0 Å². The molecule has 1 saturated heterocycles. The van der Waals surface area contributed by atoms with Gasteiger partial charge in [-0.15, -0.1) is 11.3 Å². The number of amides is 2. The Morgan fingerprint density at radius 1 is 1.41 bits per heavy atom. The molecule has 0 unspecified atom stereocenters. The number of hydrogen-bond acceptors (Lipinski definition) is 4. The number of carbonyl (C=O) groups is 2. The van der Waals surface area contributed by atoms with E-state index in [-0.39, 0.29) is 11.8 Å². The van der Waals surface area contributed by atoms with Crippen LogP contribution in [0.1, 0.15) is 17.3 Å². The first-order valence-electron chi connectivity index (χ1n) is 5.53. The van der Waals surface area contributed by atoms with Crippen molar-refractivity contribution in [3.8, 4) is 0 Å². The van der Waals surface area contributed by atoms with E-state index in [1.807, 2.05) is 10.3 Å². The minimum atomic E-state index is -0.151. The van der Waals surface area contributed by atoms with Crippen LogP contribution in [0.25, 0.3) is 0 Å². The molecule has 1 aromatic heterocycles. The van der Waals surface area contributed by atoms with E-state index in [1.54, 1.807) is 6.07 Å². The Labute approximate surface area is 104 Å². The van der Waals surface area contributed by atoms with Gasteiger partial charge in [0.15, 0.2) is 0 Å². The van der Waals surface area contributed by atoms with Gasteiger partial charge in [-0.3, -0.25) is 9.59 Å². The topological polar surface area (TPSA) is 61.4 Å². The second kappa shape index (κ2) is 5.29. The zero-order chi connectivity index (χ0) is 12.3. The molecule has 0 aliphatic carbocycles. The molecule has 2 rings (SSSR count). The van der Waals surface area contributed by atoms with Crippen molar-refractivity contribution in [2.45, 2.75) is 6.92 Å². The number of piperazine rings is 1.